The first kappa shape index (κ1) is 21.2. The van der Waals surface area contributed by atoms with Crippen LogP contribution in [0.5, 0.6) is 0 Å². The lowest BCUT2D eigenvalue weighted by Gasteiger charge is -2.37. The standard InChI is InChI=1S/C26H44O/c1-3-5-6-7-21-10-15-24(16-11-21)25-17-12-22(13-18-25)8-9-23-14-19-26(4-2)27-20-23/h4,8-9,21-26H,2-3,5-7,10-20H2,1H3/b9-8+. The SMILES string of the molecule is C=CC1CCC(/C=C/C2CCC(C3CCC(CCCCC)CC3)CC2)CO1. The molecule has 0 aromatic heterocycles. The van der Waals surface area contributed by atoms with Gasteiger partial charge in [0.15, 0.2) is 0 Å². The molecule has 2 aliphatic carbocycles. The molecule has 1 heteroatoms. The van der Waals surface area contributed by atoms with Crippen LogP contribution in [-0.2, 0) is 4.74 Å². The van der Waals surface area contributed by atoms with E-state index < -0.39 is 0 Å². The van der Waals surface area contributed by atoms with E-state index in [1.54, 1.807) is 0 Å². The molecule has 0 radical (unpaired) electrons. The molecule has 0 aromatic rings. The fraction of sp³-hybridized carbons (Fsp3) is 0.846. The van der Waals surface area contributed by atoms with Crippen molar-refractivity contribution in [3.8, 4) is 0 Å². The Bertz CT molecular complexity index is 429. The molecule has 0 bridgehead atoms. The molecule has 0 N–H and O–H groups in total. The Morgan fingerprint density at radius 2 is 1.41 bits per heavy atom. The van der Waals surface area contributed by atoms with E-state index in [1.807, 2.05) is 6.08 Å². The van der Waals surface area contributed by atoms with Gasteiger partial charge in [-0.05, 0) is 75.0 Å². The molecule has 1 nitrogen and oxygen atoms in total. The number of ether oxygens (including phenoxy) is 1. The van der Waals surface area contributed by atoms with Crippen molar-refractivity contribution in [1.29, 1.82) is 0 Å². The van der Waals surface area contributed by atoms with E-state index in [0.29, 0.717) is 12.0 Å². The Balaban J connectivity index is 1.31. The zero-order chi connectivity index (χ0) is 18.9. The van der Waals surface area contributed by atoms with Gasteiger partial charge in [0.25, 0.3) is 0 Å². The predicted octanol–water partition coefficient (Wildman–Crippen LogP) is 7.72. The summed E-state index contributed by atoms with van der Waals surface area (Å²) >= 11 is 0. The molecule has 3 aliphatic rings. The molecule has 2 unspecified atom stereocenters. The van der Waals surface area contributed by atoms with E-state index in [0.717, 1.165) is 36.7 Å². The van der Waals surface area contributed by atoms with Crippen LogP contribution in [0.3, 0.4) is 0 Å². The van der Waals surface area contributed by atoms with Crippen LogP contribution >= 0.6 is 0 Å². The number of unbranched alkanes of at least 4 members (excludes halogenated alkanes) is 2. The number of hydrogen-bond donors (Lipinski definition) is 0. The molecule has 154 valence electrons. The van der Waals surface area contributed by atoms with Crippen molar-refractivity contribution in [1.82, 2.24) is 0 Å². The van der Waals surface area contributed by atoms with Gasteiger partial charge in [-0.3, -0.25) is 0 Å². The third-order valence-corrected chi connectivity index (χ3v) is 7.86. The van der Waals surface area contributed by atoms with Crippen molar-refractivity contribution >= 4 is 0 Å². The van der Waals surface area contributed by atoms with Crippen LogP contribution in [0.25, 0.3) is 0 Å². The van der Waals surface area contributed by atoms with Gasteiger partial charge in [-0.2, -0.15) is 0 Å². The maximum absolute atomic E-state index is 5.85. The van der Waals surface area contributed by atoms with Gasteiger partial charge in [-0.1, -0.05) is 63.7 Å². The molecule has 1 saturated heterocycles. The summed E-state index contributed by atoms with van der Waals surface area (Å²) in [7, 11) is 0. The molecule has 0 spiro atoms. The molecule has 27 heavy (non-hydrogen) atoms. The smallest absolute Gasteiger partial charge is 0.0753 e. The van der Waals surface area contributed by atoms with Gasteiger partial charge in [0, 0.05) is 5.92 Å². The summed E-state index contributed by atoms with van der Waals surface area (Å²) in [5.74, 6) is 4.63. The molecule has 1 heterocycles. The monoisotopic (exact) mass is 372 g/mol. The highest BCUT2D eigenvalue weighted by Crippen LogP contribution is 2.42. The summed E-state index contributed by atoms with van der Waals surface area (Å²) in [6.07, 6.45) is 27.5. The largest absolute Gasteiger partial charge is 0.374 e. The van der Waals surface area contributed by atoms with Crippen molar-refractivity contribution in [3.05, 3.63) is 24.8 Å². The predicted molar refractivity (Wildman–Crippen MR) is 117 cm³/mol. The van der Waals surface area contributed by atoms with E-state index in [-0.39, 0.29) is 0 Å². The summed E-state index contributed by atoms with van der Waals surface area (Å²) in [5.41, 5.74) is 0. The molecule has 3 rings (SSSR count). The minimum Gasteiger partial charge on any atom is -0.374 e. The average molecular weight is 373 g/mol. The van der Waals surface area contributed by atoms with Crippen LogP contribution in [0.2, 0.25) is 0 Å². The van der Waals surface area contributed by atoms with Crippen molar-refractivity contribution in [2.24, 2.45) is 29.6 Å². The van der Waals surface area contributed by atoms with Crippen LogP contribution < -0.4 is 0 Å². The van der Waals surface area contributed by atoms with Gasteiger partial charge >= 0.3 is 0 Å². The van der Waals surface area contributed by atoms with Crippen molar-refractivity contribution < 1.29 is 4.74 Å². The van der Waals surface area contributed by atoms with Crippen LogP contribution in [0, 0.1) is 29.6 Å². The second kappa shape index (κ2) is 11.4. The third-order valence-electron chi connectivity index (χ3n) is 7.86. The number of rotatable bonds is 8. The van der Waals surface area contributed by atoms with E-state index in [4.69, 9.17) is 4.74 Å². The fourth-order valence-corrected chi connectivity index (χ4v) is 5.88. The Morgan fingerprint density at radius 3 is 2.00 bits per heavy atom. The lowest BCUT2D eigenvalue weighted by molar-refractivity contribution is 0.0245. The molecule has 2 atom stereocenters. The first-order valence-corrected chi connectivity index (χ1v) is 12.2. The Kier molecular flexibility index (Phi) is 8.97. The summed E-state index contributed by atoms with van der Waals surface area (Å²) in [5, 5.41) is 0. The van der Waals surface area contributed by atoms with E-state index in [9.17, 15) is 0 Å². The van der Waals surface area contributed by atoms with E-state index in [1.165, 1.54) is 83.5 Å². The van der Waals surface area contributed by atoms with Crippen LogP contribution in [0.4, 0.5) is 0 Å². The second-order valence-corrected chi connectivity index (χ2v) is 9.78. The van der Waals surface area contributed by atoms with Gasteiger partial charge in [-0.25, -0.2) is 0 Å². The lowest BCUT2D eigenvalue weighted by atomic mass is 9.68. The van der Waals surface area contributed by atoms with E-state index >= 15 is 0 Å². The maximum Gasteiger partial charge on any atom is 0.0753 e. The highest BCUT2D eigenvalue weighted by atomic mass is 16.5. The molecule has 3 fully saturated rings. The van der Waals surface area contributed by atoms with Crippen molar-refractivity contribution in [3.63, 3.8) is 0 Å². The van der Waals surface area contributed by atoms with E-state index in [2.05, 4.69) is 25.7 Å². The second-order valence-electron chi connectivity index (χ2n) is 9.78. The summed E-state index contributed by atoms with van der Waals surface area (Å²) in [6, 6.07) is 0. The fourth-order valence-electron chi connectivity index (χ4n) is 5.88. The van der Waals surface area contributed by atoms with Crippen molar-refractivity contribution in [2.75, 3.05) is 6.61 Å². The van der Waals surface area contributed by atoms with Gasteiger partial charge < -0.3 is 4.74 Å². The van der Waals surface area contributed by atoms with Crippen LogP contribution in [0.15, 0.2) is 24.8 Å². The third kappa shape index (κ3) is 6.77. The zero-order valence-corrected chi connectivity index (χ0v) is 17.9. The van der Waals surface area contributed by atoms with Gasteiger partial charge in [0.1, 0.15) is 0 Å². The first-order valence-electron chi connectivity index (χ1n) is 12.2. The van der Waals surface area contributed by atoms with Gasteiger partial charge in [0.05, 0.1) is 12.7 Å². The minimum atomic E-state index is 0.298. The lowest BCUT2D eigenvalue weighted by Crippen LogP contribution is -2.26. The number of hydrogen-bond acceptors (Lipinski definition) is 1. The summed E-state index contributed by atoms with van der Waals surface area (Å²) < 4.78 is 5.85. The Labute approximate surface area is 169 Å². The topological polar surface area (TPSA) is 9.23 Å². The highest BCUT2D eigenvalue weighted by Gasteiger charge is 2.30. The molecule has 1 aliphatic heterocycles. The molecular formula is C26H44O. The Morgan fingerprint density at radius 1 is 0.778 bits per heavy atom. The summed E-state index contributed by atoms with van der Waals surface area (Å²) in [4.78, 5) is 0. The van der Waals surface area contributed by atoms with Crippen LogP contribution in [-0.4, -0.2) is 12.7 Å². The molecule has 0 amide bonds. The van der Waals surface area contributed by atoms with Gasteiger partial charge in [0.2, 0.25) is 0 Å². The maximum atomic E-state index is 5.85. The van der Waals surface area contributed by atoms with Crippen molar-refractivity contribution in [2.45, 2.75) is 103 Å². The molecule has 2 saturated carbocycles. The quantitative estimate of drug-likeness (QED) is 0.313. The number of allylic oxidation sites excluding steroid dienone is 1. The molecular weight excluding hydrogens is 328 g/mol. The minimum absolute atomic E-state index is 0.298. The highest BCUT2D eigenvalue weighted by molar-refractivity contribution is 4.97. The molecule has 0 aromatic carbocycles. The average Bonchev–Trinajstić information content (AvgIpc) is 2.74. The normalized spacial score (nSPS) is 38.1. The first-order chi connectivity index (χ1) is 13.3. The zero-order valence-electron chi connectivity index (χ0n) is 17.9. The van der Waals surface area contributed by atoms with Gasteiger partial charge in [-0.15, -0.1) is 6.58 Å². The summed E-state index contributed by atoms with van der Waals surface area (Å²) in [6.45, 7) is 7.07. The van der Waals surface area contributed by atoms with Crippen LogP contribution in [0.1, 0.15) is 96.8 Å². The Hall–Kier alpha value is -0.560.